The maximum atomic E-state index is 11.5. The number of likely N-dealkylation sites (tertiary alicyclic amines) is 1. The minimum Gasteiger partial charge on any atom is -0.396 e. The molecule has 2 unspecified atom stereocenters. The van der Waals surface area contributed by atoms with Crippen molar-refractivity contribution in [2.24, 2.45) is 23.5 Å². The molecule has 1 saturated carbocycles. The molecule has 1 heterocycles. The smallest absolute Gasteiger partial charge is 0.233 e. The fraction of sp³-hybridized carbons (Fsp3) is 0.750. The van der Waals surface area contributed by atoms with Gasteiger partial charge >= 0.3 is 0 Å². The zero-order valence-corrected chi connectivity index (χ0v) is 7.14. The number of hydrogen-bond acceptors (Lipinski definition) is 4. The summed E-state index contributed by atoms with van der Waals surface area (Å²) in [7, 11) is 0. The van der Waals surface area contributed by atoms with Crippen LogP contribution in [0.5, 0.6) is 0 Å². The molecule has 2 rings (SSSR count). The third-order valence-electron chi connectivity index (χ3n) is 2.83. The van der Waals surface area contributed by atoms with Gasteiger partial charge in [0.2, 0.25) is 11.8 Å². The Bertz CT molecular complexity index is 244. The molecule has 72 valence electrons. The fourth-order valence-electron chi connectivity index (χ4n) is 2.09. The van der Waals surface area contributed by atoms with Crippen LogP contribution in [0.1, 0.15) is 0 Å². The molecule has 1 saturated heterocycles. The summed E-state index contributed by atoms with van der Waals surface area (Å²) in [6.07, 6.45) is 0. The highest BCUT2D eigenvalue weighted by atomic mass is 16.3. The van der Waals surface area contributed by atoms with Crippen LogP contribution in [-0.2, 0) is 9.59 Å². The van der Waals surface area contributed by atoms with Gasteiger partial charge in [0.05, 0.1) is 11.8 Å². The van der Waals surface area contributed by atoms with Crippen molar-refractivity contribution < 1.29 is 14.7 Å². The molecule has 2 atom stereocenters. The molecule has 2 amide bonds. The second kappa shape index (κ2) is 2.78. The lowest BCUT2D eigenvalue weighted by atomic mass is 10.2. The summed E-state index contributed by atoms with van der Waals surface area (Å²) >= 11 is 0. The molecule has 0 bridgehead atoms. The van der Waals surface area contributed by atoms with Crippen LogP contribution in [0.15, 0.2) is 0 Å². The lowest BCUT2D eigenvalue weighted by Gasteiger charge is -2.16. The number of carbonyl (C=O) groups excluding carboxylic acids is 2. The second-order valence-electron chi connectivity index (χ2n) is 3.51. The Morgan fingerprint density at radius 3 is 2.23 bits per heavy atom. The standard InChI is InChI=1S/C8H12N2O3/c9-1-2-10-7(12)5-4(3-11)6(5)8(10)13/h4-6,11H,1-3,9H2. The molecule has 0 radical (unpaired) electrons. The van der Waals surface area contributed by atoms with E-state index >= 15 is 0 Å². The normalized spacial score (nSPS) is 36.8. The van der Waals surface area contributed by atoms with Gasteiger partial charge in [0.15, 0.2) is 0 Å². The van der Waals surface area contributed by atoms with E-state index in [4.69, 9.17) is 10.8 Å². The van der Waals surface area contributed by atoms with Crippen LogP contribution in [0, 0.1) is 17.8 Å². The highest BCUT2D eigenvalue weighted by Crippen LogP contribution is 2.52. The molecule has 0 spiro atoms. The summed E-state index contributed by atoms with van der Waals surface area (Å²) in [6, 6.07) is 0. The number of piperidine rings is 1. The number of imide groups is 1. The van der Waals surface area contributed by atoms with Gasteiger partial charge in [-0.25, -0.2) is 0 Å². The third-order valence-corrected chi connectivity index (χ3v) is 2.83. The summed E-state index contributed by atoms with van der Waals surface area (Å²) in [5.41, 5.74) is 5.26. The van der Waals surface area contributed by atoms with Gasteiger partial charge in [0, 0.05) is 25.6 Å². The Kier molecular flexibility index (Phi) is 1.85. The molecule has 0 aromatic rings. The predicted octanol–water partition coefficient (Wildman–Crippen LogP) is -1.83. The van der Waals surface area contributed by atoms with Gasteiger partial charge in [-0.05, 0) is 0 Å². The largest absolute Gasteiger partial charge is 0.396 e. The van der Waals surface area contributed by atoms with Gasteiger partial charge in [-0.15, -0.1) is 0 Å². The summed E-state index contributed by atoms with van der Waals surface area (Å²) in [6.45, 7) is 0.548. The van der Waals surface area contributed by atoms with Gasteiger partial charge in [0.1, 0.15) is 0 Å². The quantitative estimate of drug-likeness (QED) is 0.505. The van der Waals surface area contributed by atoms with Crippen molar-refractivity contribution in [3.05, 3.63) is 0 Å². The van der Waals surface area contributed by atoms with E-state index in [0.717, 1.165) is 0 Å². The summed E-state index contributed by atoms with van der Waals surface area (Å²) in [5, 5.41) is 8.82. The number of aliphatic hydroxyl groups excluding tert-OH is 1. The van der Waals surface area contributed by atoms with E-state index in [1.165, 1.54) is 4.90 Å². The van der Waals surface area contributed by atoms with E-state index in [9.17, 15) is 9.59 Å². The minimum atomic E-state index is -0.246. The number of nitrogens with two attached hydrogens (primary N) is 1. The first kappa shape index (κ1) is 8.65. The molecule has 13 heavy (non-hydrogen) atoms. The number of aliphatic hydroxyl groups is 1. The van der Waals surface area contributed by atoms with Crippen molar-refractivity contribution in [1.29, 1.82) is 0 Å². The SMILES string of the molecule is NCCN1C(=O)C2C(CO)C2C1=O. The summed E-state index contributed by atoms with van der Waals surface area (Å²) in [4.78, 5) is 24.1. The lowest BCUT2D eigenvalue weighted by molar-refractivity contribution is -0.142. The Balaban J connectivity index is 2.08. The van der Waals surface area contributed by atoms with Crippen molar-refractivity contribution in [3.63, 3.8) is 0 Å². The van der Waals surface area contributed by atoms with Crippen LogP contribution >= 0.6 is 0 Å². The van der Waals surface area contributed by atoms with E-state index in [1.54, 1.807) is 0 Å². The maximum absolute atomic E-state index is 11.5. The zero-order valence-electron chi connectivity index (χ0n) is 7.14. The average Bonchev–Trinajstić information content (AvgIpc) is 2.80. The maximum Gasteiger partial charge on any atom is 0.233 e. The Morgan fingerprint density at radius 2 is 1.85 bits per heavy atom. The number of carbonyl (C=O) groups is 2. The van der Waals surface area contributed by atoms with Crippen molar-refractivity contribution in [1.82, 2.24) is 4.90 Å². The van der Waals surface area contributed by atoms with Crippen molar-refractivity contribution in [3.8, 4) is 0 Å². The van der Waals surface area contributed by atoms with Gasteiger partial charge in [-0.1, -0.05) is 0 Å². The highest BCUT2D eigenvalue weighted by Gasteiger charge is 2.66. The number of rotatable bonds is 3. The zero-order chi connectivity index (χ0) is 9.59. The van der Waals surface area contributed by atoms with Gasteiger partial charge in [-0.2, -0.15) is 0 Å². The van der Waals surface area contributed by atoms with E-state index in [2.05, 4.69) is 0 Å². The molecule has 3 N–H and O–H groups in total. The van der Waals surface area contributed by atoms with Gasteiger partial charge in [0.25, 0.3) is 0 Å². The van der Waals surface area contributed by atoms with Crippen molar-refractivity contribution in [2.75, 3.05) is 19.7 Å². The van der Waals surface area contributed by atoms with Crippen LogP contribution in [0.4, 0.5) is 0 Å². The van der Waals surface area contributed by atoms with E-state index in [1.807, 2.05) is 0 Å². The van der Waals surface area contributed by atoms with Crippen molar-refractivity contribution in [2.45, 2.75) is 0 Å². The monoisotopic (exact) mass is 184 g/mol. The minimum absolute atomic E-state index is 0.0662. The molecule has 5 heteroatoms. The molecule has 2 fully saturated rings. The highest BCUT2D eigenvalue weighted by molar-refractivity contribution is 6.09. The van der Waals surface area contributed by atoms with Crippen LogP contribution in [-0.4, -0.2) is 41.5 Å². The fourth-order valence-corrected chi connectivity index (χ4v) is 2.09. The molecule has 2 aliphatic rings. The third kappa shape index (κ3) is 1.00. The molecule has 1 aliphatic heterocycles. The van der Waals surface area contributed by atoms with Crippen LogP contribution in [0.25, 0.3) is 0 Å². The van der Waals surface area contributed by atoms with E-state index in [-0.39, 0.29) is 36.2 Å². The first-order valence-corrected chi connectivity index (χ1v) is 4.38. The lowest BCUT2D eigenvalue weighted by Crippen LogP contribution is -2.38. The number of fused-ring (bicyclic) bond motifs is 1. The predicted molar refractivity (Wildman–Crippen MR) is 43.3 cm³/mol. The number of amides is 2. The average molecular weight is 184 g/mol. The van der Waals surface area contributed by atoms with Crippen LogP contribution in [0.2, 0.25) is 0 Å². The van der Waals surface area contributed by atoms with E-state index in [0.29, 0.717) is 13.1 Å². The summed E-state index contributed by atoms with van der Waals surface area (Å²) < 4.78 is 0. The molecule has 5 nitrogen and oxygen atoms in total. The Labute approximate surface area is 75.5 Å². The molecule has 0 aromatic carbocycles. The topological polar surface area (TPSA) is 83.6 Å². The second-order valence-corrected chi connectivity index (χ2v) is 3.51. The van der Waals surface area contributed by atoms with E-state index < -0.39 is 0 Å². The van der Waals surface area contributed by atoms with Crippen molar-refractivity contribution >= 4 is 11.8 Å². The number of nitrogens with zero attached hydrogens (tertiary/aromatic N) is 1. The van der Waals surface area contributed by atoms with Gasteiger partial charge < -0.3 is 10.8 Å². The molecule has 0 aromatic heterocycles. The Hall–Kier alpha value is -0.940. The first-order chi connectivity index (χ1) is 6.22. The van der Waals surface area contributed by atoms with Crippen LogP contribution < -0.4 is 5.73 Å². The Morgan fingerprint density at radius 1 is 1.31 bits per heavy atom. The van der Waals surface area contributed by atoms with Gasteiger partial charge in [-0.3, -0.25) is 14.5 Å². The molecular formula is C8H12N2O3. The molecule has 1 aliphatic carbocycles. The number of hydrogen-bond donors (Lipinski definition) is 2. The first-order valence-electron chi connectivity index (χ1n) is 4.38. The molecular weight excluding hydrogens is 172 g/mol. The van der Waals surface area contributed by atoms with Crippen LogP contribution in [0.3, 0.4) is 0 Å². The summed E-state index contributed by atoms with van der Waals surface area (Å²) in [5.74, 6) is -0.916.